The SMILES string of the molecule is O=C(NCC(O)(c1ccsc1)c1cccs1)Nc1cccc(Cl)c1. The van der Waals surface area contributed by atoms with Crippen LogP contribution in [0.1, 0.15) is 10.4 Å². The summed E-state index contributed by atoms with van der Waals surface area (Å²) in [5, 5.41) is 22.8. The number of carbonyl (C=O) groups excluding carboxylic acids is 1. The van der Waals surface area contributed by atoms with Crippen LogP contribution in [0.15, 0.2) is 58.6 Å². The Labute approximate surface area is 152 Å². The zero-order valence-corrected chi connectivity index (χ0v) is 14.9. The van der Waals surface area contributed by atoms with Gasteiger partial charge in [-0.25, -0.2) is 4.79 Å². The van der Waals surface area contributed by atoms with E-state index in [1.165, 1.54) is 22.7 Å². The molecular formula is C17H15ClN2O2S2. The van der Waals surface area contributed by atoms with Gasteiger partial charge in [-0.2, -0.15) is 11.3 Å². The number of amides is 2. The molecule has 4 nitrogen and oxygen atoms in total. The fourth-order valence-corrected chi connectivity index (χ4v) is 4.05. The molecule has 24 heavy (non-hydrogen) atoms. The van der Waals surface area contributed by atoms with E-state index in [1.54, 1.807) is 24.3 Å². The van der Waals surface area contributed by atoms with E-state index in [1.807, 2.05) is 34.3 Å². The number of benzene rings is 1. The Morgan fingerprint density at radius 2 is 2.08 bits per heavy atom. The molecule has 2 aromatic heterocycles. The first-order valence-corrected chi connectivity index (χ1v) is 9.37. The van der Waals surface area contributed by atoms with Crippen LogP contribution in [-0.4, -0.2) is 17.7 Å². The summed E-state index contributed by atoms with van der Waals surface area (Å²) >= 11 is 8.86. The van der Waals surface area contributed by atoms with E-state index >= 15 is 0 Å². The highest BCUT2D eigenvalue weighted by atomic mass is 35.5. The Balaban J connectivity index is 1.71. The van der Waals surface area contributed by atoms with Crippen molar-refractivity contribution in [2.24, 2.45) is 0 Å². The van der Waals surface area contributed by atoms with Gasteiger partial charge in [-0.1, -0.05) is 23.7 Å². The van der Waals surface area contributed by atoms with Gasteiger partial charge >= 0.3 is 6.03 Å². The summed E-state index contributed by atoms with van der Waals surface area (Å²) in [7, 11) is 0. The lowest BCUT2D eigenvalue weighted by Crippen LogP contribution is -2.42. The molecule has 0 spiro atoms. The summed E-state index contributed by atoms with van der Waals surface area (Å²) in [5.74, 6) is 0. The molecule has 7 heteroatoms. The quantitative estimate of drug-likeness (QED) is 0.611. The first-order chi connectivity index (χ1) is 11.6. The van der Waals surface area contributed by atoms with Crippen LogP contribution in [0.4, 0.5) is 10.5 Å². The van der Waals surface area contributed by atoms with Gasteiger partial charge < -0.3 is 15.7 Å². The topological polar surface area (TPSA) is 61.4 Å². The molecular weight excluding hydrogens is 364 g/mol. The molecule has 0 fully saturated rings. The number of thiophene rings is 2. The predicted molar refractivity (Wildman–Crippen MR) is 100 cm³/mol. The van der Waals surface area contributed by atoms with Crippen LogP contribution >= 0.6 is 34.3 Å². The van der Waals surface area contributed by atoms with E-state index < -0.39 is 11.6 Å². The van der Waals surface area contributed by atoms with Crippen molar-refractivity contribution in [1.82, 2.24) is 5.32 Å². The van der Waals surface area contributed by atoms with Gasteiger partial charge in [-0.3, -0.25) is 0 Å². The summed E-state index contributed by atoms with van der Waals surface area (Å²) < 4.78 is 0. The van der Waals surface area contributed by atoms with Crippen LogP contribution < -0.4 is 10.6 Å². The highest BCUT2D eigenvalue weighted by Gasteiger charge is 2.33. The van der Waals surface area contributed by atoms with E-state index in [-0.39, 0.29) is 6.54 Å². The van der Waals surface area contributed by atoms with E-state index in [4.69, 9.17) is 11.6 Å². The van der Waals surface area contributed by atoms with Crippen LogP contribution in [0, 0.1) is 0 Å². The summed E-state index contributed by atoms with van der Waals surface area (Å²) in [6, 6.07) is 12.1. The van der Waals surface area contributed by atoms with Gasteiger partial charge in [-0.15, -0.1) is 11.3 Å². The average Bonchev–Trinajstić information content (AvgIpc) is 3.26. The second-order valence-electron chi connectivity index (χ2n) is 5.17. The van der Waals surface area contributed by atoms with Crippen molar-refractivity contribution in [3.63, 3.8) is 0 Å². The van der Waals surface area contributed by atoms with Gasteiger partial charge in [0, 0.05) is 21.2 Å². The van der Waals surface area contributed by atoms with Crippen molar-refractivity contribution < 1.29 is 9.90 Å². The van der Waals surface area contributed by atoms with E-state index in [0.717, 1.165) is 10.4 Å². The minimum atomic E-state index is -1.25. The normalized spacial score (nSPS) is 13.2. The Bertz CT molecular complexity index is 770. The van der Waals surface area contributed by atoms with Crippen LogP contribution in [0.5, 0.6) is 0 Å². The molecule has 0 bridgehead atoms. The van der Waals surface area contributed by atoms with Crippen LogP contribution in [0.3, 0.4) is 0 Å². The number of halogens is 1. The lowest BCUT2D eigenvalue weighted by molar-refractivity contribution is 0.0871. The van der Waals surface area contributed by atoms with E-state index in [9.17, 15) is 9.90 Å². The smallest absolute Gasteiger partial charge is 0.319 e. The predicted octanol–water partition coefficient (Wildman–Crippen LogP) is 4.52. The van der Waals surface area contributed by atoms with Gasteiger partial charge in [0.15, 0.2) is 0 Å². The number of anilines is 1. The van der Waals surface area contributed by atoms with Gasteiger partial charge in [0.25, 0.3) is 0 Å². The van der Waals surface area contributed by atoms with E-state index in [2.05, 4.69) is 10.6 Å². The number of aliphatic hydroxyl groups is 1. The summed E-state index contributed by atoms with van der Waals surface area (Å²) in [5.41, 5.74) is 0.105. The Morgan fingerprint density at radius 3 is 2.75 bits per heavy atom. The number of hydrogen-bond donors (Lipinski definition) is 3. The molecule has 0 aliphatic heterocycles. The number of urea groups is 1. The van der Waals surface area contributed by atoms with Crippen molar-refractivity contribution in [3.8, 4) is 0 Å². The van der Waals surface area contributed by atoms with Crippen molar-refractivity contribution in [3.05, 3.63) is 74.1 Å². The number of hydrogen-bond acceptors (Lipinski definition) is 4. The third-order valence-corrected chi connectivity index (χ3v) is 5.45. The molecule has 1 atom stereocenters. The lowest BCUT2D eigenvalue weighted by Gasteiger charge is -2.27. The summed E-state index contributed by atoms with van der Waals surface area (Å²) in [6.07, 6.45) is 0. The largest absolute Gasteiger partial charge is 0.378 e. The van der Waals surface area contributed by atoms with Crippen molar-refractivity contribution in [2.45, 2.75) is 5.60 Å². The molecule has 0 aliphatic carbocycles. The van der Waals surface area contributed by atoms with Crippen LogP contribution in [-0.2, 0) is 5.60 Å². The fraction of sp³-hybridized carbons (Fsp3) is 0.118. The van der Waals surface area contributed by atoms with Crippen LogP contribution in [0.2, 0.25) is 5.02 Å². The molecule has 3 N–H and O–H groups in total. The fourth-order valence-electron chi connectivity index (χ4n) is 2.29. The summed E-state index contributed by atoms with van der Waals surface area (Å²) in [6.45, 7) is 0.0661. The average molecular weight is 379 g/mol. The summed E-state index contributed by atoms with van der Waals surface area (Å²) in [4.78, 5) is 12.9. The molecule has 3 aromatic rings. The minimum Gasteiger partial charge on any atom is -0.378 e. The molecule has 1 aromatic carbocycles. The zero-order chi connectivity index (χ0) is 17.0. The zero-order valence-electron chi connectivity index (χ0n) is 12.5. The van der Waals surface area contributed by atoms with E-state index in [0.29, 0.717) is 10.7 Å². The van der Waals surface area contributed by atoms with Crippen molar-refractivity contribution in [1.29, 1.82) is 0 Å². The standard InChI is InChI=1S/C17H15ClN2O2S2/c18-13-3-1-4-14(9-13)20-16(21)19-11-17(22,12-6-8-23-10-12)15-5-2-7-24-15/h1-10,22H,11H2,(H2,19,20,21). The van der Waals surface area contributed by atoms with Crippen molar-refractivity contribution >= 4 is 46.0 Å². The monoisotopic (exact) mass is 378 g/mol. The second kappa shape index (κ2) is 7.36. The maximum atomic E-state index is 12.1. The first-order valence-electron chi connectivity index (χ1n) is 7.17. The number of carbonyl (C=O) groups is 1. The molecule has 0 saturated heterocycles. The molecule has 2 amide bonds. The second-order valence-corrected chi connectivity index (χ2v) is 7.33. The molecule has 2 heterocycles. The molecule has 0 aliphatic rings. The molecule has 3 rings (SSSR count). The molecule has 1 unspecified atom stereocenters. The first kappa shape index (κ1) is 17.0. The number of nitrogens with one attached hydrogen (secondary N) is 2. The third-order valence-electron chi connectivity index (χ3n) is 3.51. The highest BCUT2D eigenvalue weighted by molar-refractivity contribution is 7.10. The molecule has 0 radical (unpaired) electrons. The van der Waals surface area contributed by atoms with Crippen LogP contribution in [0.25, 0.3) is 0 Å². The maximum Gasteiger partial charge on any atom is 0.319 e. The maximum absolute atomic E-state index is 12.1. The van der Waals surface area contributed by atoms with Gasteiger partial charge in [-0.05, 0) is 46.5 Å². The van der Waals surface area contributed by atoms with Gasteiger partial charge in [0.05, 0.1) is 6.54 Å². The Morgan fingerprint density at radius 1 is 1.21 bits per heavy atom. The Kier molecular flexibility index (Phi) is 5.20. The highest BCUT2D eigenvalue weighted by Crippen LogP contribution is 2.33. The van der Waals surface area contributed by atoms with Gasteiger partial charge in [0.2, 0.25) is 0 Å². The molecule has 124 valence electrons. The van der Waals surface area contributed by atoms with Gasteiger partial charge in [0.1, 0.15) is 5.60 Å². The minimum absolute atomic E-state index is 0.0661. The third kappa shape index (κ3) is 3.79. The molecule has 0 saturated carbocycles. The number of rotatable bonds is 5. The Hall–Kier alpha value is -1.86. The lowest BCUT2D eigenvalue weighted by atomic mass is 9.94. The van der Waals surface area contributed by atoms with Crippen molar-refractivity contribution in [2.75, 3.05) is 11.9 Å².